The quantitative estimate of drug-likeness (QED) is 0.811. The molecule has 0 saturated carbocycles. The van der Waals surface area contributed by atoms with Crippen LogP contribution in [0.5, 0.6) is 0 Å². The topological polar surface area (TPSA) is 38.3 Å². The number of ether oxygens (including phenoxy) is 1. The van der Waals surface area contributed by atoms with Gasteiger partial charge in [-0.2, -0.15) is 0 Å². The van der Waals surface area contributed by atoms with Gasteiger partial charge in [0.05, 0.1) is 5.88 Å². The number of hydrogen-bond acceptors (Lipinski definition) is 2. The summed E-state index contributed by atoms with van der Waals surface area (Å²) in [5, 5.41) is 3.44. The van der Waals surface area contributed by atoms with Gasteiger partial charge in [-0.15, -0.1) is 11.6 Å². The molecule has 0 aliphatic rings. The van der Waals surface area contributed by atoms with Crippen LogP contribution in [0.4, 0.5) is 10.5 Å². The summed E-state index contributed by atoms with van der Waals surface area (Å²) >= 11 is 17.4. The molecule has 0 aromatic heterocycles. The third-order valence-electron chi connectivity index (χ3n) is 2.26. The number of carbonyl (C=O) groups is 1. The van der Waals surface area contributed by atoms with Crippen molar-refractivity contribution in [3.05, 3.63) is 28.2 Å². The van der Waals surface area contributed by atoms with Crippen molar-refractivity contribution in [2.75, 3.05) is 11.2 Å². The first-order valence-corrected chi connectivity index (χ1v) is 6.71. The van der Waals surface area contributed by atoms with E-state index in [0.29, 0.717) is 15.7 Å². The molecule has 1 atom stereocenters. The third-order valence-corrected chi connectivity index (χ3v) is 3.00. The lowest BCUT2D eigenvalue weighted by Gasteiger charge is -2.19. The zero-order chi connectivity index (χ0) is 13.7. The summed E-state index contributed by atoms with van der Waals surface area (Å²) in [4.78, 5) is 11.6. The average molecular weight is 311 g/mol. The van der Waals surface area contributed by atoms with Gasteiger partial charge in [-0.05, 0) is 24.1 Å². The number of nitrogens with one attached hydrogen (secondary N) is 1. The average Bonchev–Trinajstić information content (AvgIpc) is 2.23. The zero-order valence-electron chi connectivity index (χ0n) is 10.0. The molecule has 0 saturated heterocycles. The number of alkyl halides is 1. The third kappa shape index (κ3) is 4.92. The normalized spacial score (nSPS) is 12.3. The number of halogens is 3. The second kappa shape index (κ2) is 7.07. The Kier molecular flexibility index (Phi) is 6.06. The van der Waals surface area contributed by atoms with Crippen molar-refractivity contribution in [2.45, 2.75) is 20.0 Å². The van der Waals surface area contributed by atoms with Crippen LogP contribution in [0.25, 0.3) is 0 Å². The lowest BCUT2D eigenvalue weighted by atomic mass is 10.1. The summed E-state index contributed by atoms with van der Waals surface area (Å²) in [6.07, 6.45) is -0.908. The molecule has 1 aromatic rings. The molecule has 6 heteroatoms. The number of benzene rings is 1. The van der Waals surface area contributed by atoms with E-state index in [9.17, 15) is 4.79 Å². The molecule has 0 fully saturated rings. The molecular formula is C12H14Cl3NO2. The zero-order valence-corrected chi connectivity index (χ0v) is 12.3. The van der Waals surface area contributed by atoms with E-state index in [2.05, 4.69) is 5.32 Å². The molecule has 100 valence electrons. The maximum absolute atomic E-state index is 11.6. The smallest absolute Gasteiger partial charge is 0.411 e. The Morgan fingerprint density at radius 1 is 1.28 bits per heavy atom. The van der Waals surface area contributed by atoms with Gasteiger partial charge in [-0.3, -0.25) is 5.32 Å². The van der Waals surface area contributed by atoms with Gasteiger partial charge < -0.3 is 4.74 Å². The number of carbonyl (C=O) groups excluding carboxylic acids is 1. The maximum atomic E-state index is 11.6. The van der Waals surface area contributed by atoms with Crippen LogP contribution >= 0.6 is 34.8 Å². The van der Waals surface area contributed by atoms with Crippen molar-refractivity contribution in [1.29, 1.82) is 0 Å². The van der Waals surface area contributed by atoms with Gasteiger partial charge in [-0.25, -0.2) is 4.79 Å². The molecular weight excluding hydrogens is 296 g/mol. The van der Waals surface area contributed by atoms with Crippen LogP contribution < -0.4 is 5.32 Å². The lowest BCUT2D eigenvalue weighted by Crippen LogP contribution is -2.28. The standard InChI is InChI=1S/C12H14Cl3NO2/c1-7(2)11(6-13)18-12(17)16-10-4-8(14)3-9(15)5-10/h3-5,7,11H,6H2,1-2H3,(H,16,17). The minimum Gasteiger partial charge on any atom is -0.444 e. The van der Waals surface area contributed by atoms with Gasteiger partial charge in [0.25, 0.3) is 0 Å². The van der Waals surface area contributed by atoms with E-state index < -0.39 is 6.09 Å². The van der Waals surface area contributed by atoms with Crippen LogP contribution in [-0.4, -0.2) is 18.1 Å². The first-order valence-electron chi connectivity index (χ1n) is 5.42. The predicted molar refractivity (Wildman–Crippen MR) is 75.9 cm³/mol. The highest BCUT2D eigenvalue weighted by Gasteiger charge is 2.17. The van der Waals surface area contributed by atoms with Crippen molar-refractivity contribution in [1.82, 2.24) is 0 Å². The summed E-state index contributed by atoms with van der Waals surface area (Å²) in [5.74, 6) is 0.401. The van der Waals surface area contributed by atoms with E-state index in [1.807, 2.05) is 13.8 Å². The van der Waals surface area contributed by atoms with E-state index >= 15 is 0 Å². The molecule has 1 amide bonds. The predicted octanol–water partition coefficient (Wildman–Crippen LogP) is 4.81. The van der Waals surface area contributed by atoms with Crippen LogP contribution in [0.3, 0.4) is 0 Å². The first-order chi connectivity index (χ1) is 8.42. The molecule has 0 spiro atoms. The summed E-state index contributed by atoms with van der Waals surface area (Å²) < 4.78 is 5.18. The molecule has 0 aliphatic carbocycles. The Morgan fingerprint density at radius 3 is 2.28 bits per heavy atom. The number of rotatable bonds is 4. The second-order valence-electron chi connectivity index (χ2n) is 4.13. The fourth-order valence-electron chi connectivity index (χ4n) is 1.26. The van der Waals surface area contributed by atoms with Gasteiger partial charge in [0.2, 0.25) is 0 Å². The van der Waals surface area contributed by atoms with Gasteiger partial charge in [0, 0.05) is 15.7 Å². The van der Waals surface area contributed by atoms with E-state index in [4.69, 9.17) is 39.5 Å². The number of amides is 1. The molecule has 0 aliphatic heterocycles. The second-order valence-corrected chi connectivity index (χ2v) is 5.31. The Hall–Kier alpha value is -0.640. The Morgan fingerprint density at radius 2 is 1.83 bits per heavy atom. The monoisotopic (exact) mass is 309 g/mol. The number of hydrogen-bond donors (Lipinski definition) is 1. The minimum absolute atomic E-state index is 0.149. The highest BCUT2D eigenvalue weighted by molar-refractivity contribution is 6.35. The molecule has 0 heterocycles. The van der Waals surface area contributed by atoms with Crippen LogP contribution in [0.15, 0.2) is 18.2 Å². The Labute approximate surface area is 121 Å². The van der Waals surface area contributed by atoms with Gasteiger partial charge in [0.1, 0.15) is 6.10 Å². The fraction of sp³-hybridized carbons (Fsp3) is 0.417. The Bertz CT molecular complexity index is 404. The molecule has 1 rings (SSSR count). The highest BCUT2D eigenvalue weighted by atomic mass is 35.5. The largest absolute Gasteiger partial charge is 0.444 e. The molecule has 18 heavy (non-hydrogen) atoms. The number of anilines is 1. The Balaban J connectivity index is 2.64. The highest BCUT2D eigenvalue weighted by Crippen LogP contribution is 2.22. The maximum Gasteiger partial charge on any atom is 0.411 e. The van der Waals surface area contributed by atoms with E-state index in [1.165, 1.54) is 0 Å². The van der Waals surface area contributed by atoms with Crippen LogP contribution in [-0.2, 0) is 4.74 Å². The van der Waals surface area contributed by atoms with Crippen molar-refractivity contribution < 1.29 is 9.53 Å². The summed E-state index contributed by atoms with van der Waals surface area (Å²) in [6.45, 7) is 3.85. The van der Waals surface area contributed by atoms with E-state index in [-0.39, 0.29) is 17.9 Å². The van der Waals surface area contributed by atoms with Gasteiger partial charge in [0.15, 0.2) is 0 Å². The summed E-state index contributed by atoms with van der Waals surface area (Å²) in [6, 6.07) is 4.74. The van der Waals surface area contributed by atoms with Crippen LogP contribution in [0.2, 0.25) is 10.0 Å². The SMILES string of the molecule is CC(C)C(CCl)OC(=O)Nc1cc(Cl)cc(Cl)c1. The molecule has 3 nitrogen and oxygen atoms in total. The molecule has 0 bridgehead atoms. The van der Waals surface area contributed by atoms with Crippen molar-refractivity contribution >= 4 is 46.6 Å². The van der Waals surface area contributed by atoms with E-state index in [0.717, 1.165) is 0 Å². The summed E-state index contributed by atoms with van der Waals surface area (Å²) in [5.41, 5.74) is 0.481. The van der Waals surface area contributed by atoms with Crippen molar-refractivity contribution in [3.63, 3.8) is 0 Å². The van der Waals surface area contributed by atoms with Crippen LogP contribution in [0, 0.1) is 5.92 Å². The lowest BCUT2D eigenvalue weighted by molar-refractivity contribution is 0.0960. The molecule has 0 radical (unpaired) electrons. The fourth-order valence-corrected chi connectivity index (χ4v) is 2.20. The van der Waals surface area contributed by atoms with Crippen LogP contribution in [0.1, 0.15) is 13.8 Å². The minimum atomic E-state index is -0.576. The first kappa shape index (κ1) is 15.4. The van der Waals surface area contributed by atoms with Gasteiger partial charge in [-0.1, -0.05) is 37.0 Å². The van der Waals surface area contributed by atoms with E-state index in [1.54, 1.807) is 18.2 Å². The molecule has 1 N–H and O–H groups in total. The molecule has 1 aromatic carbocycles. The van der Waals surface area contributed by atoms with Gasteiger partial charge >= 0.3 is 6.09 Å². The summed E-state index contributed by atoms with van der Waals surface area (Å²) in [7, 11) is 0. The van der Waals surface area contributed by atoms with Crippen molar-refractivity contribution in [2.24, 2.45) is 5.92 Å². The molecule has 1 unspecified atom stereocenters. The van der Waals surface area contributed by atoms with Crippen molar-refractivity contribution in [3.8, 4) is 0 Å².